The molecule has 0 spiro atoms. The highest BCUT2D eigenvalue weighted by Crippen LogP contribution is 2.28. The van der Waals surface area contributed by atoms with Crippen LogP contribution in [0.15, 0.2) is 42.5 Å². The highest BCUT2D eigenvalue weighted by atomic mass is 16.5. The molecule has 2 heterocycles. The van der Waals surface area contributed by atoms with Crippen molar-refractivity contribution in [3.05, 3.63) is 59.2 Å². The van der Waals surface area contributed by atoms with Gasteiger partial charge in [0.1, 0.15) is 11.5 Å². The van der Waals surface area contributed by atoms with Crippen molar-refractivity contribution in [3.63, 3.8) is 0 Å². The van der Waals surface area contributed by atoms with Crippen LogP contribution in [0, 0.1) is 0 Å². The number of methoxy groups -OCH3 is 2. The van der Waals surface area contributed by atoms with Crippen LogP contribution in [0.3, 0.4) is 0 Å². The summed E-state index contributed by atoms with van der Waals surface area (Å²) in [6, 6.07) is 12.9. The molecular weight excluding hydrogens is 470 g/mol. The molecule has 1 saturated heterocycles. The van der Waals surface area contributed by atoms with Crippen LogP contribution in [0.25, 0.3) is 0 Å². The highest BCUT2D eigenvalue weighted by molar-refractivity contribution is 6.00. The first-order valence-corrected chi connectivity index (χ1v) is 13.0. The number of ether oxygens (including phenoxy) is 2. The lowest BCUT2D eigenvalue weighted by Gasteiger charge is -2.39. The summed E-state index contributed by atoms with van der Waals surface area (Å²) < 4.78 is 10.6. The standard InChI is InChI=1S/C29H37N3O5/c1-4-30-13-15-31(16-14-30)29(35)18-23-17-21-7-5-6-8-22(21)20-32(23)28(34)12-10-26(33)25-19-24(36-2)9-11-27(25)37-3/h5-9,11,19,23H,4,10,12-18,20H2,1-3H3/t23-/m1/s1. The quantitative estimate of drug-likeness (QED) is 0.485. The van der Waals surface area contributed by atoms with Gasteiger partial charge in [-0.05, 0) is 42.3 Å². The van der Waals surface area contributed by atoms with Gasteiger partial charge in [0.05, 0.1) is 19.8 Å². The van der Waals surface area contributed by atoms with Crippen LogP contribution in [0.5, 0.6) is 11.5 Å². The monoisotopic (exact) mass is 507 g/mol. The third-order valence-electron chi connectivity index (χ3n) is 7.53. The minimum Gasteiger partial charge on any atom is -0.497 e. The molecule has 198 valence electrons. The zero-order valence-corrected chi connectivity index (χ0v) is 22.1. The second-order valence-electron chi connectivity index (χ2n) is 9.66. The molecule has 2 aliphatic rings. The van der Waals surface area contributed by atoms with E-state index in [1.165, 1.54) is 12.7 Å². The lowest BCUT2D eigenvalue weighted by atomic mass is 9.91. The minimum absolute atomic E-state index is 0.0557. The molecule has 1 fully saturated rings. The predicted octanol–water partition coefficient (Wildman–Crippen LogP) is 3.17. The fraction of sp³-hybridized carbons (Fsp3) is 0.483. The van der Waals surface area contributed by atoms with Gasteiger partial charge in [-0.15, -0.1) is 0 Å². The Morgan fingerprint density at radius 3 is 2.30 bits per heavy atom. The van der Waals surface area contributed by atoms with Crippen LogP contribution in [0.4, 0.5) is 0 Å². The van der Waals surface area contributed by atoms with Gasteiger partial charge in [0.15, 0.2) is 5.78 Å². The van der Waals surface area contributed by atoms with E-state index in [1.807, 2.05) is 23.1 Å². The molecule has 0 saturated carbocycles. The molecule has 8 nitrogen and oxygen atoms in total. The SMILES string of the molecule is CCN1CCN(C(=O)C[C@H]2Cc3ccccc3CN2C(=O)CCC(=O)c2cc(OC)ccc2OC)CC1. The molecule has 0 aliphatic carbocycles. The summed E-state index contributed by atoms with van der Waals surface area (Å²) >= 11 is 0. The molecule has 2 aliphatic heterocycles. The van der Waals surface area contributed by atoms with Crippen LogP contribution >= 0.6 is 0 Å². The number of hydrogen-bond donors (Lipinski definition) is 0. The molecular formula is C29H37N3O5. The van der Waals surface area contributed by atoms with Crippen LogP contribution < -0.4 is 9.47 Å². The van der Waals surface area contributed by atoms with Gasteiger partial charge < -0.3 is 24.2 Å². The summed E-state index contributed by atoms with van der Waals surface area (Å²) in [5.74, 6) is 0.814. The molecule has 0 unspecified atom stereocenters. The van der Waals surface area contributed by atoms with Crippen molar-refractivity contribution >= 4 is 17.6 Å². The number of benzene rings is 2. The lowest BCUT2D eigenvalue weighted by Crippen LogP contribution is -2.51. The van der Waals surface area contributed by atoms with Gasteiger partial charge in [-0.1, -0.05) is 31.2 Å². The van der Waals surface area contributed by atoms with E-state index in [0.29, 0.717) is 36.4 Å². The molecule has 4 rings (SSSR count). The molecule has 0 N–H and O–H groups in total. The van der Waals surface area contributed by atoms with Crippen LogP contribution in [0.1, 0.15) is 47.7 Å². The van der Waals surface area contributed by atoms with Crippen molar-refractivity contribution in [3.8, 4) is 11.5 Å². The Labute approximate surface area is 219 Å². The number of ketones is 1. The van der Waals surface area contributed by atoms with Crippen molar-refractivity contribution in [1.29, 1.82) is 0 Å². The minimum atomic E-state index is -0.222. The Hall–Kier alpha value is -3.39. The van der Waals surface area contributed by atoms with Gasteiger partial charge in [-0.25, -0.2) is 0 Å². The molecule has 1 atom stereocenters. The van der Waals surface area contributed by atoms with Gasteiger partial charge in [-0.2, -0.15) is 0 Å². The van der Waals surface area contributed by atoms with Crippen LogP contribution in [-0.2, 0) is 22.6 Å². The van der Waals surface area contributed by atoms with E-state index in [1.54, 1.807) is 30.2 Å². The van der Waals surface area contributed by atoms with Crippen molar-refractivity contribution in [2.75, 3.05) is 46.9 Å². The zero-order chi connectivity index (χ0) is 26.4. The molecule has 2 aromatic rings. The maximum absolute atomic E-state index is 13.5. The van der Waals surface area contributed by atoms with Gasteiger partial charge in [0.2, 0.25) is 11.8 Å². The Kier molecular flexibility index (Phi) is 8.82. The second-order valence-corrected chi connectivity index (χ2v) is 9.66. The molecule has 2 aromatic carbocycles. The summed E-state index contributed by atoms with van der Waals surface area (Å²) in [7, 11) is 3.05. The third kappa shape index (κ3) is 6.31. The Morgan fingerprint density at radius 1 is 0.892 bits per heavy atom. The topological polar surface area (TPSA) is 79.4 Å². The second kappa shape index (κ2) is 12.2. The van der Waals surface area contributed by atoms with Crippen molar-refractivity contribution in [2.45, 2.75) is 45.2 Å². The number of Topliss-reactive ketones (excluding diaryl/α,β-unsaturated/α-hetero) is 1. The Morgan fingerprint density at radius 2 is 1.62 bits per heavy atom. The number of amides is 2. The first-order chi connectivity index (χ1) is 17.9. The van der Waals surface area contributed by atoms with E-state index in [9.17, 15) is 14.4 Å². The van der Waals surface area contributed by atoms with E-state index in [4.69, 9.17) is 9.47 Å². The molecule has 8 heteroatoms. The average molecular weight is 508 g/mol. The molecule has 0 bridgehead atoms. The van der Waals surface area contributed by atoms with Crippen molar-refractivity contribution in [2.24, 2.45) is 0 Å². The fourth-order valence-electron chi connectivity index (χ4n) is 5.24. The summed E-state index contributed by atoms with van der Waals surface area (Å²) in [4.78, 5) is 45.8. The van der Waals surface area contributed by atoms with Crippen molar-refractivity contribution < 1.29 is 23.9 Å². The first kappa shape index (κ1) is 26.7. The molecule has 37 heavy (non-hydrogen) atoms. The summed E-state index contributed by atoms with van der Waals surface area (Å²) in [5, 5.41) is 0. The Bertz CT molecular complexity index is 1130. The summed E-state index contributed by atoms with van der Waals surface area (Å²) in [5.41, 5.74) is 2.67. The van der Waals surface area contributed by atoms with Crippen LogP contribution in [-0.4, -0.2) is 85.3 Å². The van der Waals surface area contributed by atoms with Gasteiger partial charge in [-0.3, -0.25) is 14.4 Å². The zero-order valence-electron chi connectivity index (χ0n) is 22.1. The van der Waals surface area contributed by atoms with Gasteiger partial charge in [0, 0.05) is 58.0 Å². The highest BCUT2D eigenvalue weighted by Gasteiger charge is 2.33. The number of carbonyl (C=O) groups excluding carboxylic acids is 3. The smallest absolute Gasteiger partial charge is 0.224 e. The van der Waals surface area contributed by atoms with E-state index in [0.717, 1.165) is 38.3 Å². The first-order valence-electron chi connectivity index (χ1n) is 13.0. The van der Waals surface area contributed by atoms with Gasteiger partial charge in [0.25, 0.3) is 0 Å². The number of piperazine rings is 1. The number of rotatable bonds is 9. The number of likely N-dealkylation sites (N-methyl/N-ethyl adjacent to an activating group) is 1. The lowest BCUT2D eigenvalue weighted by molar-refractivity contribution is -0.139. The third-order valence-corrected chi connectivity index (χ3v) is 7.53. The fourth-order valence-corrected chi connectivity index (χ4v) is 5.24. The molecule has 0 radical (unpaired) electrons. The van der Waals surface area contributed by atoms with E-state index in [2.05, 4.69) is 17.9 Å². The average Bonchev–Trinajstić information content (AvgIpc) is 2.94. The van der Waals surface area contributed by atoms with Crippen LogP contribution in [0.2, 0.25) is 0 Å². The van der Waals surface area contributed by atoms with Crippen molar-refractivity contribution in [1.82, 2.24) is 14.7 Å². The van der Waals surface area contributed by atoms with E-state index >= 15 is 0 Å². The number of carbonyl (C=O) groups is 3. The summed E-state index contributed by atoms with van der Waals surface area (Å²) in [6.45, 7) is 6.79. The maximum atomic E-state index is 13.5. The predicted molar refractivity (Wildman–Crippen MR) is 141 cm³/mol. The number of fused-ring (bicyclic) bond motifs is 1. The maximum Gasteiger partial charge on any atom is 0.224 e. The molecule has 2 amide bonds. The van der Waals surface area contributed by atoms with Gasteiger partial charge >= 0.3 is 0 Å². The number of hydrogen-bond acceptors (Lipinski definition) is 6. The normalized spacial score (nSPS) is 17.8. The largest absolute Gasteiger partial charge is 0.497 e. The van der Waals surface area contributed by atoms with E-state index in [-0.39, 0.29) is 36.5 Å². The number of nitrogens with zero attached hydrogens (tertiary/aromatic N) is 3. The Balaban J connectivity index is 1.45. The summed E-state index contributed by atoms with van der Waals surface area (Å²) in [6.07, 6.45) is 1.06. The molecule has 0 aromatic heterocycles. The van der Waals surface area contributed by atoms with E-state index < -0.39 is 0 Å².